The van der Waals surface area contributed by atoms with Gasteiger partial charge in [0.2, 0.25) is 0 Å². The summed E-state index contributed by atoms with van der Waals surface area (Å²) in [5.41, 5.74) is 2.06. The molecule has 2 rings (SSSR count). The number of ether oxygens (including phenoxy) is 1. The van der Waals surface area contributed by atoms with E-state index in [0.717, 1.165) is 20.2 Å². The minimum Gasteiger partial charge on any atom is -0.496 e. The number of benzene rings is 2. The van der Waals surface area contributed by atoms with Crippen molar-refractivity contribution in [3.63, 3.8) is 0 Å². The molecule has 0 fully saturated rings. The number of thiocarbonyl (C=S) groups is 1. The largest absolute Gasteiger partial charge is 0.496 e. The molecule has 0 aromatic heterocycles. The third-order valence-corrected chi connectivity index (χ3v) is 4.21. The van der Waals surface area contributed by atoms with Crippen LogP contribution in [0.15, 0.2) is 45.3 Å². The van der Waals surface area contributed by atoms with E-state index in [2.05, 4.69) is 42.5 Å². The number of hydrogen-bond donors (Lipinski definition) is 2. The molecule has 0 saturated heterocycles. The Hall–Kier alpha value is -1.44. The molecule has 0 aliphatic heterocycles. The molecule has 0 heterocycles. The fourth-order valence-corrected chi connectivity index (χ4v) is 3.08. The highest BCUT2D eigenvalue weighted by molar-refractivity contribution is 9.10. The van der Waals surface area contributed by atoms with Gasteiger partial charge in [0.05, 0.1) is 12.7 Å². The van der Waals surface area contributed by atoms with E-state index in [1.54, 1.807) is 6.07 Å². The Kier molecular flexibility index (Phi) is 6.15. The van der Waals surface area contributed by atoms with Gasteiger partial charge >= 0.3 is 0 Å². The summed E-state index contributed by atoms with van der Waals surface area (Å²) in [5, 5.41) is 5.84. The number of carbonyl (C=O) groups excluding carboxylic acids is 1. The van der Waals surface area contributed by atoms with Gasteiger partial charge in [0, 0.05) is 14.6 Å². The average Bonchev–Trinajstić information content (AvgIpc) is 2.48. The second-order valence-electron chi connectivity index (χ2n) is 4.72. The van der Waals surface area contributed by atoms with Crippen LogP contribution in [0.4, 0.5) is 5.69 Å². The van der Waals surface area contributed by atoms with Crippen molar-refractivity contribution in [3.8, 4) is 5.75 Å². The van der Waals surface area contributed by atoms with E-state index >= 15 is 0 Å². The molecule has 0 spiro atoms. The number of carbonyl (C=O) groups is 1. The summed E-state index contributed by atoms with van der Waals surface area (Å²) in [6.07, 6.45) is 0. The molecule has 1 amide bonds. The Bertz CT molecular complexity index is 748. The molecule has 0 radical (unpaired) electrons. The predicted molar refractivity (Wildman–Crippen MR) is 103 cm³/mol. The van der Waals surface area contributed by atoms with Gasteiger partial charge in [-0.15, -0.1) is 0 Å². The molecule has 0 atom stereocenters. The van der Waals surface area contributed by atoms with Gasteiger partial charge in [-0.3, -0.25) is 10.1 Å². The molecule has 7 heteroatoms. The molecule has 2 aromatic rings. The van der Waals surface area contributed by atoms with E-state index in [9.17, 15) is 4.79 Å². The summed E-state index contributed by atoms with van der Waals surface area (Å²) in [4.78, 5) is 12.4. The Morgan fingerprint density at radius 3 is 2.39 bits per heavy atom. The Balaban J connectivity index is 2.12. The molecular weight excluding hydrogens is 444 g/mol. The molecular formula is C16H14Br2N2O2S. The van der Waals surface area contributed by atoms with Gasteiger partial charge in [-0.1, -0.05) is 31.9 Å². The second kappa shape index (κ2) is 7.90. The van der Waals surface area contributed by atoms with Crippen LogP contribution in [0.1, 0.15) is 15.9 Å². The maximum absolute atomic E-state index is 12.4. The van der Waals surface area contributed by atoms with Crippen molar-refractivity contribution in [2.24, 2.45) is 0 Å². The number of hydrogen-bond acceptors (Lipinski definition) is 3. The number of nitrogens with one attached hydrogen (secondary N) is 2. The van der Waals surface area contributed by atoms with Crippen molar-refractivity contribution in [1.29, 1.82) is 0 Å². The van der Waals surface area contributed by atoms with Crippen molar-refractivity contribution in [3.05, 3.63) is 56.5 Å². The monoisotopic (exact) mass is 456 g/mol. The van der Waals surface area contributed by atoms with Crippen LogP contribution in [0.3, 0.4) is 0 Å². The van der Waals surface area contributed by atoms with Gasteiger partial charge in [-0.2, -0.15) is 0 Å². The van der Waals surface area contributed by atoms with E-state index < -0.39 is 0 Å². The number of rotatable bonds is 3. The van der Waals surface area contributed by atoms with Crippen molar-refractivity contribution in [2.75, 3.05) is 12.4 Å². The highest BCUT2D eigenvalue weighted by Crippen LogP contribution is 2.27. The molecule has 120 valence electrons. The standard InChI is InChI=1S/C16H14Br2N2O2S/c1-9-7-11(18)8-13(14(9)22-2)15(21)20-16(23)19-12-5-3-10(17)4-6-12/h3-8H,1-2H3,(H2,19,20,21,23). The zero-order valence-corrected chi connectivity index (χ0v) is 16.4. The number of aryl methyl sites for hydroxylation is 1. The second-order valence-corrected chi connectivity index (χ2v) is 6.96. The van der Waals surface area contributed by atoms with Crippen LogP contribution >= 0.6 is 44.1 Å². The zero-order chi connectivity index (χ0) is 17.0. The molecule has 0 bridgehead atoms. The van der Waals surface area contributed by atoms with Gasteiger partial charge in [-0.25, -0.2) is 0 Å². The topological polar surface area (TPSA) is 50.4 Å². The minimum absolute atomic E-state index is 0.219. The first-order valence-electron chi connectivity index (χ1n) is 6.62. The quantitative estimate of drug-likeness (QED) is 0.658. The Labute approximate surface area is 156 Å². The van der Waals surface area contributed by atoms with Crippen molar-refractivity contribution < 1.29 is 9.53 Å². The van der Waals surface area contributed by atoms with Gasteiger partial charge in [0.1, 0.15) is 5.75 Å². The predicted octanol–water partition coefficient (Wildman–Crippen LogP) is 4.66. The smallest absolute Gasteiger partial charge is 0.261 e. The lowest BCUT2D eigenvalue weighted by Gasteiger charge is -2.13. The van der Waals surface area contributed by atoms with E-state index in [0.29, 0.717) is 11.3 Å². The first kappa shape index (κ1) is 17.9. The molecule has 0 saturated carbocycles. The van der Waals surface area contributed by atoms with Crippen LogP contribution < -0.4 is 15.4 Å². The molecule has 0 aliphatic rings. The normalized spacial score (nSPS) is 10.1. The maximum atomic E-state index is 12.4. The zero-order valence-electron chi connectivity index (χ0n) is 12.4. The molecule has 0 aliphatic carbocycles. The third kappa shape index (κ3) is 4.76. The summed E-state index contributed by atoms with van der Waals surface area (Å²) in [5.74, 6) is 0.193. The summed E-state index contributed by atoms with van der Waals surface area (Å²) in [6, 6.07) is 11.1. The SMILES string of the molecule is COc1c(C)cc(Br)cc1C(=O)NC(=S)Nc1ccc(Br)cc1. The average molecular weight is 458 g/mol. The van der Waals surface area contributed by atoms with Crippen LogP contribution in [-0.2, 0) is 0 Å². The van der Waals surface area contributed by atoms with E-state index in [1.165, 1.54) is 7.11 Å². The van der Waals surface area contributed by atoms with E-state index in [4.69, 9.17) is 17.0 Å². The van der Waals surface area contributed by atoms with Gasteiger partial charge in [0.15, 0.2) is 5.11 Å². The lowest BCUT2D eigenvalue weighted by molar-refractivity contribution is 0.0974. The number of amides is 1. The molecule has 4 nitrogen and oxygen atoms in total. The summed E-state index contributed by atoms with van der Waals surface area (Å²) in [6.45, 7) is 1.87. The van der Waals surface area contributed by atoms with Crippen molar-refractivity contribution in [2.45, 2.75) is 6.92 Å². The first-order chi connectivity index (χ1) is 10.9. The van der Waals surface area contributed by atoms with E-state index in [1.807, 2.05) is 37.3 Å². The van der Waals surface area contributed by atoms with Crippen LogP contribution in [0.5, 0.6) is 5.75 Å². The number of anilines is 1. The van der Waals surface area contributed by atoms with Gasteiger partial charge in [0.25, 0.3) is 5.91 Å². The van der Waals surface area contributed by atoms with Crippen LogP contribution in [-0.4, -0.2) is 18.1 Å². The van der Waals surface area contributed by atoms with E-state index in [-0.39, 0.29) is 11.0 Å². The Morgan fingerprint density at radius 2 is 1.78 bits per heavy atom. The molecule has 2 aromatic carbocycles. The molecule has 23 heavy (non-hydrogen) atoms. The fraction of sp³-hybridized carbons (Fsp3) is 0.125. The van der Waals surface area contributed by atoms with Crippen LogP contribution in [0.25, 0.3) is 0 Å². The summed E-state index contributed by atoms with van der Waals surface area (Å²) < 4.78 is 7.08. The minimum atomic E-state index is -0.333. The third-order valence-electron chi connectivity index (χ3n) is 3.02. The van der Waals surface area contributed by atoms with Gasteiger partial charge < -0.3 is 10.1 Å². The number of halogens is 2. The molecule has 0 unspecified atom stereocenters. The molecule has 2 N–H and O–H groups in total. The number of methoxy groups -OCH3 is 1. The van der Waals surface area contributed by atoms with Crippen LogP contribution in [0.2, 0.25) is 0 Å². The van der Waals surface area contributed by atoms with Crippen LogP contribution in [0, 0.1) is 6.92 Å². The fourth-order valence-electron chi connectivity index (χ4n) is 2.04. The first-order valence-corrected chi connectivity index (χ1v) is 8.62. The van der Waals surface area contributed by atoms with Crippen molar-refractivity contribution >= 4 is 60.8 Å². The summed E-state index contributed by atoms with van der Waals surface area (Å²) in [7, 11) is 1.53. The summed E-state index contributed by atoms with van der Waals surface area (Å²) >= 11 is 11.9. The lowest BCUT2D eigenvalue weighted by atomic mass is 10.1. The van der Waals surface area contributed by atoms with Gasteiger partial charge in [-0.05, 0) is 61.1 Å². The van der Waals surface area contributed by atoms with Crippen molar-refractivity contribution in [1.82, 2.24) is 5.32 Å². The lowest BCUT2D eigenvalue weighted by Crippen LogP contribution is -2.34. The highest BCUT2D eigenvalue weighted by atomic mass is 79.9. The maximum Gasteiger partial charge on any atom is 0.261 e. The highest BCUT2D eigenvalue weighted by Gasteiger charge is 2.16. The Morgan fingerprint density at radius 1 is 1.13 bits per heavy atom.